The first kappa shape index (κ1) is 15.1. The lowest BCUT2D eigenvalue weighted by atomic mass is 10.0. The molecule has 0 spiro atoms. The van der Waals surface area contributed by atoms with E-state index in [9.17, 15) is 9.18 Å². The standard InChI is InChI=1S/C20H14FN3O/c21-16-9-6-14(7-10-16)19(25)15-8-11-17-23-20(22)18(24(17)12-15)13-4-2-1-3-5-13/h1-12H,22H2. The molecule has 25 heavy (non-hydrogen) atoms. The highest BCUT2D eigenvalue weighted by Gasteiger charge is 2.15. The quantitative estimate of drug-likeness (QED) is 0.578. The van der Waals surface area contributed by atoms with Crippen molar-refractivity contribution in [2.45, 2.75) is 0 Å². The molecular weight excluding hydrogens is 317 g/mol. The number of anilines is 1. The number of rotatable bonds is 3. The number of hydrogen-bond acceptors (Lipinski definition) is 3. The van der Waals surface area contributed by atoms with Gasteiger partial charge in [-0.05, 0) is 36.4 Å². The van der Waals surface area contributed by atoms with Gasteiger partial charge in [-0.3, -0.25) is 9.20 Å². The van der Waals surface area contributed by atoms with Crippen LogP contribution in [0.25, 0.3) is 16.9 Å². The summed E-state index contributed by atoms with van der Waals surface area (Å²) in [7, 11) is 0. The summed E-state index contributed by atoms with van der Waals surface area (Å²) in [6.07, 6.45) is 1.71. The van der Waals surface area contributed by atoms with Crippen molar-refractivity contribution in [3.8, 4) is 11.3 Å². The van der Waals surface area contributed by atoms with Gasteiger partial charge in [0.2, 0.25) is 0 Å². The molecule has 0 atom stereocenters. The number of imidazole rings is 1. The van der Waals surface area contributed by atoms with Crippen molar-refractivity contribution in [1.29, 1.82) is 0 Å². The zero-order valence-corrected chi connectivity index (χ0v) is 13.2. The first-order chi connectivity index (χ1) is 12.1. The van der Waals surface area contributed by atoms with E-state index in [-0.39, 0.29) is 11.6 Å². The van der Waals surface area contributed by atoms with Crippen LogP contribution >= 0.6 is 0 Å². The second-order valence-corrected chi connectivity index (χ2v) is 5.69. The Morgan fingerprint density at radius 3 is 2.32 bits per heavy atom. The number of fused-ring (bicyclic) bond motifs is 1. The largest absolute Gasteiger partial charge is 0.382 e. The highest BCUT2D eigenvalue weighted by Crippen LogP contribution is 2.27. The minimum Gasteiger partial charge on any atom is -0.382 e. The number of carbonyl (C=O) groups excluding carboxylic acids is 1. The summed E-state index contributed by atoms with van der Waals surface area (Å²) in [5.41, 5.74) is 9.30. The van der Waals surface area contributed by atoms with Crippen LogP contribution in [0.2, 0.25) is 0 Å². The summed E-state index contributed by atoms with van der Waals surface area (Å²) in [5.74, 6) is -0.161. The van der Waals surface area contributed by atoms with E-state index in [4.69, 9.17) is 5.73 Å². The van der Waals surface area contributed by atoms with Crippen LogP contribution in [-0.4, -0.2) is 15.2 Å². The Morgan fingerprint density at radius 1 is 0.920 bits per heavy atom. The van der Waals surface area contributed by atoms with E-state index in [1.165, 1.54) is 24.3 Å². The monoisotopic (exact) mass is 331 g/mol. The van der Waals surface area contributed by atoms with Crippen LogP contribution in [0.1, 0.15) is 15.9 Å². The molecule has 0 saturated carbocycles. The summed E-state index contributed by atoms with van der Waals surface area (Å²) >= 11 is 0. The number of ketones is 1. The predicted molar refractivity (Wildman–Crippen MR) is 94.9 cm³/mol. The van der Waals surface area contributed by atoms with Gasteiger partial charge >= 0.3 is 0 Å². The molecule has 0 unspecified atom stereocenters. The molecule has 2 aromatic carbocycles. The average Bonchev–Trinajstić information content (AvgIpc) is 2.97. The second kappa shape index (κ2) is 5.87. The van der Waals surface area contributed by atoms with Crippen LogP contribution in [0.5, 0.6) is 0 Å². The van der Waals surface area contributed by atoms with Crippen LogP contribution < -0.4 is 5.73 Å². The Morgan fingerprint density at radius 2 is 1.60 bits per heavy atom. The maximum atomic E-state index is 13.1. The van der Waals surface area contributed by atoms with Gasteiger partial charge in [0.15, 0.2) is 11.6 Å². The molecular formula is C20H14FN3O. The number of pyridine rings is 1. The van der Waals surface area contributed by atoms with Crippen molar-refractivity contribution >= 4 is 17.2 Å². The minimum absolute atomic E-state index is 0.187. The third-order valence-electron chi connectivity index (χ3n) is 4.06. The number of nitrogens with zero attached hydrogens (tertiary/aromatic N) is 2. The molecule has 122 valence electrons. The van der Waals surface area contributed by atoms with Gasteiger partial charge in [0.1, 0.15) is 11.5 Å². The maximum absolute atomic E-state index is 13.1. The Bertz CT molecular complexity index is 1070. The third kappa shape index (κ3) is 2.65. The van der Waals surface area contributed by atoms with Gasteiger partial charge < -0.3 is 5.73 Å². The van der Waals surface area contributed by atoms with Crippen LogP contribution in [0.3, 0.4) is 0 Å². The van der Waals surface area contributed by atoms with E-state index >= 15 is 0 Å². The summed E-state index contributed by atoms with van der Waals surface area (Å²) in [4.78, 5) is 17.0. The Balaban J connectivity index is 1.85. The number of nitrogen functional groups attached to an aromatic ring is 1. The minimum atomic E-state index is -0.374. The maximum Gasteiger partial charge on any atom is 0.194 e. The van der Waals surface area contributed by atoms with Crippen molar-refractivity contribution in [2.24, 2.45) is 0 Å². The third-order valence-corrected chi connectivity index (χ3v) is 4.06. The van der Waals surface area contributed by atoms with Crippen molar-refractivity contribution in [2.75, 3.05) is 5.73 Å². The fourth-order valence-corrected chi connectivity index (χ4v) is 2.85. The molecule has 4 nitrogen and oxygen atoms in total. The molecule has 2 aromatic heterocycles. The lowest BCUT2D eigenvalue weighted by Crippen LogP contribution is -2.03. The molecule has 0 aliphatic carbocycles. The number of aromatic nitrogens is 2. The van der Waals surface area contributed by atoms with Gasteiger partial charge in [-0.2, -0.15) is 0 Å². The van der Waals surface area contributed by atoms with E-state index in [0.29, 0.717) is 22.6 Å². The van der Waals surface area contributed by atoms with Crippen molar-refractivity contribution in [3.63, 3.8) is 0 Å². The van der Waals surface area contributed by atoms with Gasteiger partial charge in [-0.1, -0.05) is 30.3 Å². The normalized spacial score (nSPS) is 10.9. The molecule has 0 bridgehead atoms. The Hall–Kier alpha value is -3.47. The number of carbonyl (C=O) groups is 1. The molecule has 0 amide bonds. The van der Waals surface area contributed by atoms with Crippen molar-refractivity contribution in [3.05, 3.63) is 89.9 Å². The number of hydrogen-bond donors (Lipinski definition) is 1. The van der Waals surface area contributed by atoms with Gasteiger partial charge in [-0.25, -0.2) is 9.37 Å². The van der Waals surface area contributed by atoms with E-state index in [2.05, 4.69) is 4.98 Å². The smallest absolute Gasteiger partial charge is 0.194 e. The molecule has 0 saturated heterocycles. The van der Waals surface area contributed by atoms with E-state index in [1.54, 1.807) is 22.7 Å². The lowest BCUT2D eigenvalue weighted by molar-refractivity contribution is 0.103. The summed E-state index contributed by atoms with van der Waals surface area (Å²) in [6.45, 7) is 0. The molecule has 0 fully saturated rings. The molecule has 0 aliphatic heterocycles. The van der Waals surface area contributed by atoms with Crippen molar-refractivity contribution < 1.29 is 9.18 Å². The summed E-state index contributed by atoms with van der Waals surface area (Å²) < 4.78 is 14.9. The molecule has 2 N–H and O–H groups in total. The molecule has 0 aliphatic rings. The van der Waals surface area contributed by atoms with E-state index < -0.39 is 0 Å². The SMILES string of the molecule is Nc1nc2ccc(C(=O)c3ccc(F)cc3)cn2c1-c1ccccc1. The van der Waals surface area contributed by atoms with Gasteiger partial charge in [0.25, 0.3) is 0 Å². The fourth-order valence-electron chi connectivity index (χ4n) is 2.85. The highest BCUT2D eigenvalue weighted by molar-refractivity contribution is 6.09. The van der Waals surface area contributed by atoms with E-state index in [1.807, 2.05) is 30.3 Å². The molecule has 4 rings (SSSR count). The topological polar surface area (TPSA) is 60.4 Å². The van der Waals surface area contributed by atoms with Gasteiger partial charge in [-0.15, -0.1) is 0 Å². The Kier molecular flexibility index (Phi) is 3.54. The molecule has 2 heterocycles. The number of benzene rings is 2. The molecule has 0 radical (unpaired) electrons. The first-order valence-corrected chi connectivity index (χ1v) is 7.77. The zero-order valence-electron chi connectivity index (χ0n) is 13.2. The van der Waals surface area contributed by atoms with Crippen LogP contribution in [-0.2, 0) is 0 Å². The molecule has 4 aromatic rings. The zero-order chi connectivity index (χ0) is 17.4. The van der Waals surface area contributed by atoms with Gasteiger partial charge in [0.05, 0.1) is 5.69 Å². The predicted octanol–water partition coefficient (Wildman–Crippen LogP) is 3.95. The lowest BCUT2D eigenvalue weighted by Gasteiger charge is -2.06. The fraction of sp³-hybridized carbons (Fsp3) is 0. The first-order valence-electron chi connectivity index (χ1n) is 7.77. The van der Waals surface area contributed by atoms with Gasteiger partial charge in [0, 0.05) is 22.9 Å². The number of halogens is 1. The van der Waals surface area contributed by atoms with Crippen LogP contribution in [0.15, 0.2) is 72.9 Å². The number of nitrogens with two attached hydrogens (primary N) is 1. The summed E-state index contributed by atoms with van der Waals surface area (Å²) in [5, 5.41) is 0. The second-order valence-electron chi connectivity index (χ2n) is 5.69. The van der Waals surface area contributed by atoms with Crippen LogP contribution in [0, 0.1) is 5.82 Å². The molecule has 5 heteroatoms. The van der Waals surface area contributed by atoms with Crippen molar-refractivity contribution in [1.82, 2.24) is 9.38 Å². The highest BCUT2D eigenvalue weighted by atomic mass is 19.1. The summed E-state index contributed by atoms with van der Waals surface area (Å²) in [6, 6.07) is 18.6. The average molecular weight is 331 g/mol. The van der Waals surface area contributed by atoms with Crippen LogP contribution in [0.4, 0.5) is 10.2 Å². The van der Waals surface area contributed by atoms with E-state index in [0.717, 1.165) is 11.3 Å². The Labute approximate surface area is 143 Å².